The quantitative estimate of drug-likeness (QED) is 0.897. The van der Waals surface area contributed by atoms with Gasteiger partial charge in [0.15, 0.2) is 0 Å². The summed E-state index contributed by atoms with van der Waals surface area (Å²) in [7, 11) is 1.94. The molecule has 2 aromatic rings. The number of nitrogens with one attached hydrogen (secondary N) is 1. The Kier molecular flexibility index (Phi) is 5.83. The second-order valence-corrected chi connectivity index (χ2v) is 6.96. The lowest BCUT2D eigenvalue weighted by Gasteiger charge is -2.22. The average Bonchev–Trinajstić information content (AvgIpc) is 2.85. The van der Waals surface area contributed by atoms with Crippen LogP contribution in [0.2, 0.25) is 5.02 Å². The van der Waals surface area contributed by atoms with Gasteiger partial charge in [0, 0.05) is 56.3 Å². The van der Waals surface area contributed by atoms with Crippen LogP contribution in [0.1, 0.15) is 12.0 Å². The number of aryl methyl sites for hydroxylation is 1. The Morgan fingerprint density at radius 3 is 2.62 bits per heavy atom. The summed E-state index contributed by atoms with van der Waals surface area (Å²) in [6.45, 7) is 2.37. The van der Waals surface area contributed by atoms with Crippen LogP contribution in [-0.2, 0) is 18.3 Å². The van der Waals surface area contributed by atoms with Crippen molar-refractivity contribution in [3.05, 3.63) is 53.3 Å². The van der Waals surface area contributed by atoms with E-state index >= 15 is 0 Å². The first-order valence-electron chi connectivity index (χ1n) is 8.71. The fraction of sp³-hybridized carbons (Fsp3) is 0.368. The van der Waals surface area contributed by atoms with Crippen molar-refractivity contribution in [2.45, 2.75) is 12.8 Å². The molecule has 0 saturated carbocycles. The van der Waals surface area contributed by atoms with E-state index in [0.29, 0.717) is 43.3 Å². The van der Waals surface area contributed by atoms with Gasteiger partial charge in [-0.2, -0.15) is 0 Å². The molecule has 0 spiro atoms. The van der Waals surface area contributed by atoms with Crippen LogP contribution in [0.25, 0.3) is 0 Å². The molecule has 3 rings (SSSR count). The van der Waals surface area contributed by atoms with Crippen LogP contribution < -0.4 is 5.32 Å². The van der Waals surface area contributed by atoms with Gasteiger partial charge in [0.1, 0.15) is 0 Å². The number of carbonyl (C=O) groups excluding carboxylic acids is 2. The minimum Gasteiger partial charge on any atom is -0.357 e. The van der Waals surface area contributed by atoms with E-state index in [-0.39, 0.29) is 11.9 Å². The number of nitrogens with zero attached hydrogens (tertiary/aromatic N) is 3. The van der Waals surface area contributed by atoms with Crippen molar-refractivity contribution in [3.63, 3.8) is 0 Å². The summed E-state index contributed by atoms with van der Waals surface area (Å²) < 4.78 is 1.94. The molecule has 0 bridgehead atoms. The molecule has 1 fully saturated rings. The van der Waals surface area contributed by atoms with Gasteiger partial charge in [-0.25, -0.2) is 4.79 Å². The average molecular weight is 375 g/mol. The van der Waals surface area contributed by atoms with Crippen molar-refractivity contribution in [1.29, 1.82) is 0 Å². The summed E-state index contributed by atoms with van der Waals surface area (Å²) >= 11 is 5.95. The van der Waals surface area contributed by atoms with Gasteiger partial charge in [-0.1, -0.05) is 17.7 Å². The normalized spacial score (nSPS) is 14.8. The van der Waals surface area contributed by atoms with E-state index in [1.807, 2.05) is 35.0 Å². The minimum atomic E-state index is -0.162. The number of hydrogen-bond donors (Lipinski definition) is 1. The third kappa shape index (κ3) is 4.79. The summed E-state index contributed by atoms with van der Waals surface area (Å²) in [5.41, 5.74) is 1.68. The molecule has 26 heavy (non-hydrogen) atoms. The molecule has 1 aliphatic heterocycles. The number of urea groups is 1. The van der Waals surface area contributed by atoms with E-state index in [4.69, 9.17) is 11.6 Å². The van der Waals surface area contributed by atoms with E-state index in [1.165, 1.54) is 0 Å². The monoisotopic (exact) mass is 374 g/mol. The molecule has 2 heterocycles. The molecule has 138 valence electrons. The Balaban J connectivity index is 1.54. The summed E-state index contributed by atoms with van der Waals surface area (Å²) in [6, 6.07) is 8.87. The van der Waals surface area contributed by atoms with E-state index in [2.05, 4.69) is 5.32 Å². The van der Waals surface area contributed by atoms with Crippen molar-refractivity contribution >= 4 is 29.2 Å². The molecule has 1 aliphatic rings. The first-order valence-corrected chi connectivity index (χ1v) is 9.09. The molecular weight excluding hydrogens is 352 g/mol. The maximum Gasteiger partial charge on any atom is 0.321 e. The van der Waals surface area contributed by atoms with E-state index in [1.54, 1.807) is 29.2 Å². The van der Waals surface area contributed by atoms with Crippen LogP contribution in [0.15, 0.2) is 42.7 Å². The lowest BCUT2D eigenvalue weighted by molar-refractivity contribution is -0.130. The molecule has 0 aliphatic carbocycles. The second kappa shape index (κ2) is 8.27. The van der Waals surface area contributed by atoms with Gasteiger partial charge in [0.25, 0.3) is 0 Å². The predicted octanol–water partition coefficient (Wildman–Crippen LogP) is 2.99. The smallest absolute Gasteiger partial charge is 0.321 e. The molecule has 0 radical (unpaired) electrons. The van der Waals surface area contributed by atoms with Crippen LogP contribution in [0.4, 0.5) is 10.5 Å². The number of aromatic nitrogens is 1. The number of benzene rings is 1. The fourth-order valence-electron chi connectivity index (χ4n) is 3.09. The highest BCUT2D eigenvalue weighted by molar-refractivity contribution is 6.30. The van der Waals surface area contributed by atoms with Crippen LogP contribution in [0, 0.1) is 0 Å². The lowest BCUT2D eigenvalue weighted by atomic mass is 10.2. The molecule has 1 N–H and O–H groups in total. The maximum atomic E-state index is 12.5. The zero-order valence-electron chi connectivity index (χ0n) is 14.8. The lowest BCUT2D eigenvalue weighted by Crippen LogP contribution is -2.39. The van der Waals surface area contributed by atoms with Gasteiger partial charge >= 0.3 is 6.03 Å². The Hall–Kier alpha value is -2.47. The third-order valence-corrected chi connectivity index (χ3v) is 4.70. The van der Waals surface area contributed by atoms with Crippen LogP contribution in [0.5, 0.6) is 0 Å². The Morgan fingerprint density at radius 2 is 1.88 bits per heavy atom. The van der Waals surface area contributed by atoms with Gasteiger partial charge in [-0.15, -0.1) is 0 Å². The first-order chi connectivity index (χ1) is 12.5. The number of hydrogen-bond acceptors (Lipinski definition) is 2. The van der Waals surface area contributed by atoms with Crippen molar-refractivity contribution < 1.29 is 9.59 Å². The van der Waals surface area contributed by atoms with Crippen LogP contribution in [-0.4, -0.2) is 52.5 Å². The van der Waals surface area contributed by atoms with E-state index in [0.717, 1.165) is 12.0 Å². The van der Waals surface area contributed by atoms with Gasteiger partial charge in [0.05, 0.1) is 6.42 Å². The zero-order chi connectivity index (χ0) is 18.5. The molecular formula is C19H23ClN4O2. The molecule has 1 saturated heterocycles. The molecule has 0 unspecified atom stereocenters. The van der Waals surface area contributed by atoms with E-state index in [9.17, 15) is 9.59 Å². The third-order valence-electron chi connectivity index (χ3n) is 4.46. The van der Waals surface area contributed by atoms with Crippen LogP contribution >= 0.6 is 11.6 Å². The Morgan fingerprint density at radius 1 is 1.12 bits per heavy atom. The summed E-state index contributed by atoms with van der Waals surface area (Å²) in [6.07, 6.45) is 5.06. The molecule has 0 atom stereocenters. The number of halogens is 1. The SMILES string of the molecule is Cn1ccc(CC(=O)N2CCCN(C(=O)Nc3cccc(Cl)c3)CC2)c1. The Bertz CT molecular complexity index is 789. The fourth-order valence-corrected chi connectivity index (χ4v) is 3.28. The Labute approximate surface area is 158 Å². The van der Waals surface area contributed by atoms with Gasteiger partial charge < -0.3 is 19.7 Å². The highest BCUT2D eigenvalue weighted by Crippen LogP contribution is 2.16. The summed E-state index contributed by atoms with van der Waals surface area (Å²) in [5.74, 6) is 0.105. The van der Waals surface area contributed by atoms with Crippen molar-refractivity contribution in [3.8, 4) is 0 Å². The topological polar surface area (TPSA) is 57.6 Å². The molecule has 3 amide bonds. The molecule has 7 heteroatoms. The second-order valence-electron chi connectivity index (χ2n) is 6.52. The molecule has 1 aromatic carbocycles. The van der Waals surface area contributed by atoms with Crippen LogP contribution in [0.3, 0.4) is 0 Å². The molecule has 1 aromatic heterocycles. The largest absolute Gasteiger partial charge is 0.357 e. The van der Waals surface area contributed by atoms with Gasteiger partial charge in [-0.3, -0.25) is 4.79 Å². The van der Waals surface area contributed by atoms with Gasteiger partial charge in [0.2, 0.25) is 5.91 Å². The number of anilines is 1. The predicted molar refractivity (Wildman–Crippen MR) is 102 cm³/mol. The van der Waals surface area contributed by atoms with Gasteiger partial charge in [-0.05, 0) is 36.2 Å². The first kappa shape index (κ1) is 18.3. The van der Waals surface area contributed by atoms with Crippen molar-refractivity contribution in [1.82, 2.24) is 14.4 Å². The highest BCUT2D eigenvalue weighted by atomic mass is 35.5. The van der Waals surface area contributed by atoms with Crippen molar-refractivity contribution in [2.24, 2.45) is 7.05 Å². The minimum absolute atomic E-state index is 0.105. The number of carbonyl (C=O) groups is 2. The number of rotatable bonds is 3. The summed E-state index contributed by atoms with van der Waals surface area (Å²) in [4.78, 5) is 28.6. The molecule has 6 nitrogen and oxygen atoms in total. The number of amides is 3. The standard InChI is InChI=1S/C19H23ClN4O2/c1-22-9-6-15(14-22)12-18(25)23-7-3-8-24(11-10-23)19(26)21-17-5-2-4-16(20)13-17/h2,4-6,9,13-14H,3,7-8,10-12H2,1H3,(H,21,26). The zero-order valence-corrected chi connectivity index (χ0v) is 15.6. The van der Waals surface area contributed by atoms with Crippen molar-refractivity contribution in [2.75, 3.05) is 31.5 Å². The van der Waals surface area contributed by atoms with E-state index < -0.39 is 0 Å². The summed E-state index contributed by atoms with van der Waals surface area (Å²) in [5, 5.41) is 3.44. The maximum absolute atomic E-state index is 12.5. The highest BCUT2D eigenvalue weighted by Gasteiger charge is 2.22.